The van der Waals surface area contributed by atoms with Crippen molar-refractivity contribution in [3.05, 3.63) is 12.2 Å². The van der Waals surface area contributed by atoms with Gasteiger partial charge in [-0.1, -0.05) is 26.8 Å². The second-order valence-electron chi connectivity index (χ2n) is 5.15. The summed E-state index contributed by atoms with van der Waals surface area (Å²) in [4.78, 5) is 11.5. The third-order valence-electron chi connectivity index (χ3n) is 3.64. The molecule has 1 saturated carbocycles. The lowest BCUT2D eigenvalue weighted by Gasteiger charge is -2.40. The van der Waals surface area contributed by atoms with Gasteiger partial charge < -0.3 is 4.74 Å². The molecule has 0 aromatic carbocycles. The molecule has 0 N–H and O–H groups in total. The maximum Gasteiger partial charge on any atom is 0.422 e. The second-order valence-corrected chi connectivity index (χ2v) is 5.15. The van der Waals surface area contributed by atoms with Gasteiger partial charge in [-0.2, -0.15) is 13.2 Å². The number of ether oxygens (including phenoxy) is 1. The lowest BCUT2D eigenvalue weighted by Crippen LogP contribution is -2.43. The quantitative estimate of drug-likeness (QED) is 0.568. The van der Waals surface area contributed by atoms with E-state index in [1.54, 1.807) is 0 Å². The van der Waals surface area contributed by atoms with Crippen LogP contribution in [0.15, 0.2) is 12.2 Å². The van der Waals surface area contributed by atoms with Crippen molar-refractivity contribution < 1.29 is 22.7 Å². The summed E-state index contributed by atoms with van der Waals surface area (Å²) in [6, 6.07) is 0. The van der Waals surface area contributed by atoms with Gasteiger partial charge in [0.15, 0.2) is 0 Å². The van der Waals surface area contributed by atoms with Crippen molar-refractivity contribution in [1.82, 2.24) is 0 Å². The topological polar surface area (TPSA) is 26.3 Å². The number of hydrogen-bond acceptors (Lipinski definition) is 2. The van der Waals surface area contributed by atoms with Crippen LogP contribution in [0.1, 0.15) is 46.0 Å². The first-order valence-corrected chi connectivity index (χ1v) is 6.18. The zero-order valence-electron chi connectivity index (χ0n) is 10.8. The molecule has 104 valence electrons. The number of carbonyl (C=O) groups is 1. The molecule has 2 nitrogen and oxygen atoms in total. The van der Waals surface area contributed by atoms with Crippen LogP contribution in [0.4, 0.5) is 13.2 Å². The molecule has 0 heterocycles. The van der Waals surface area contributed by atoms with Crippen molar-refractivity contribution in [3.63, 3.8) is 0 Å². The molecule has 0 atom stereocenters. The first-order chi connectivity index (χ1) is 8.19. The van der Waals surface area contributed by atoms with Crippen LogP contribution in [0.2, 0.25) is 0 Å². The van der Waals surface area contributed by atoms with Gasteiger partial charge in [0.25, 0.3) is 0 Å². The van der Waals surface area contributed by atoms with Crippen LogP contribution in [0.5, 0.6) is 0 Å². The Kier molecular flexibility index (Phi) is 4.46. The number of alkyl halides is 3. The van der Waals surface area contributed by atoms with Gasteiger partial charge in [0.2, 0.25) is 0 Å². The van der Waals surface area contributed by atoms with E-state index in [9.17, 15) is 18.0 Å². The van der Waals surface area contributed by atoms with Crippen molar-refractivity contribution in [2.24, 2.45) is 5.92 Å². The van der Waals surface area contributed by atoms with Gasteiger partial charge in [-0.05, 0) is 31.6 Å². The van der Waals surface area contributed by atoms with E-state index in [1.165, 1.54) is 0 Å². The Morgan fingerprint density at radius 2 is 1.72 bits per heavy atom. The Bertz CT molecular complexity index is 326. The molecule has 1 aliphatic carbocycles. The molecule has 5 heteroatoms. The van der Waals surface area contributed by atoms with Gasteiger partial charge in [-0.15, -0.1) is 0 Å². The molecular weight excluding hydrogens is 245 g/mol. The van der Waals surface area contributed by atoms with Crippen molar-refractivity contribution >= 4 is 5.97 Å². The first-order valence-electron chi connectivity index (χ1n) is 6.18. The number of carbonyl (C=O) groups excluding carboxylic acids is 1. The van der Waals surface area contributed by atoms with Crippen LogP contribution in [-0.2, 0) is 9.53 Å². The summed E-state index contributed by atoms with van der Waals surface area (Å²) in [5, 5.41) is 0. The van der Waals surface area contributed by atoms with Crippen LogP contribution >= 0.6 is 0 Å². The SMILES string of the molecule is C=C(C(=O)OC1(C(C)C)CCCCC1)C(F)(F)F. The third-order valence-corrected chi connectivity index (χ3v) is 3.64. The van der Waals surface area contributed by atoms with E-state index in [0.717, 1.165) is 19.3 Å². The Morgan fingerprint density at radius 1 is 1.22 bits per heavy atom. The van der Waals surface area contributed by atoms with Crippen LogP contribution in [0, 0.1) is 5.92 Å². The van der Waals surface area contributed by atoms with E-state index < -0.39 is 23.3 Å². The van der Waals surface area contributed by atoms with Crippen molar-refractivity contribution in [1.29, 1.82) is 0 Å². The van der Waals surface area contributed by atoms with Gasteiger partial charge in [0.05, 0.1) is 0 Å². The fourth-order valence-electron chi connectivity index (χ4n) is 2.31. The minimum atomic E-state index is -4.72. The van der Waals surface area contributed by atoms with Crippen molar-refractivity contribution in [3.8, 4) is 0 Å². The lowest BCUT2D eigenvalue weighted by atomic mass is 9.77. The summed E-state index contributed by atoms with van der Waals surface area (Å²) >= 11 is 0. The standard InChI is InChI=1S/C13H19F3O2/c1-9(2)12(7-5-4-6-8-12)18-11(17)10(3)13(14,15)16/h9H,3-8H2,1-2H3. The van der Waals surface area contributed by atoms with E-state index in [-0.39, 0.29) is 5.92 Å². The minimum absolute atomic E-state index is 0.00258. The van der Waals surface area contributed by atoms with Gasteiger partial charge in [0, 0.05) is 0 Å². The predicted molar refractivity (Wildman–Crippen MR) is 61.9 cm³/mol. The zero-order chi connectivity index (χ0) is 14.0. The average Bonchev–Trinajstić information content (AvgIpc) is 2.27. The van der Waals surface area contributed by atoms with Crippen LogP contribution < -0.4 is 0 Å². The minimum Gasteiger partial charge on any atom is -0.455 e. The predicted octanol–water partition coefficient (Wildman–Crippen LogP) is 4.01. The van der Waals surface area contributed by atoms with Gasteiger partial charge in [0.1, 0.15) is 11.2 Å². The largest absolute Gasteiger partial charge is 0.455 e. The molecule has 1 rings (SSSR count). The lowest BCUT2D eigenvalue weighted by molar-refractivity contribution is -0.173. The molecule has 0 aromatic heterocycles. The first kappa shape index (κ1) is 15.1. The summed E-state index contributed by atoms with van der Waals surface area (Å²) in [6.45, 7) is 6.52. The monoisotopic (exact) mass is 264 g/mol. The third kappa shape index (κ3) is 3.27. The highest BCUT2D eigenvalue weighted by Gasteiger charge is 2.44. The molecule has 0 bridgehead atoms. The number of halogens is 3. The number of hydrogen-bond donors (Lipinski definition) is 0. The van der Waals surface area contributed by atoms with Gasteiger partial charge in [-0.3, -0.25) is 0 Å². The molecule has 0 amide bonds. The van der Waals surface area contributed by atoms with E-state index >= 15 is 0 Å². The maximum atomic E-state index is 12.4. The van der Waals surface area contributed by atoms with Gasteiger partial charge in [-0.25, -0.2) is 4.79 Å². The smallest absolute Gasteiger partial charge is 0.422 e. The van der Waals surface area contributed by atoms with E-state index in [0.29, 0.717) is 12.8 Å². The number of rotatable bonds is 3. The summed E-state index contributed by atoms with van der Waals surface area (Å²) in [7, 11) is 0. The molecule has 1 aliphatic rings. The Morgan fingerprint density at radius 3 is 2.11 bits per heavy atom. The molecule has 0 aromatic rings. The average molecular weight is 264 g/mol. The second kappa shape index (κ2) is 5.33. The molecule has 0 spiro atoms. The normalized spacial score (nSPS) is 19.7. The van der Waals surface area contributed by atoms with Crippen LogP contribution in [0.3, 0.4) is 0 Å². The fourth-order valence-corrected chi connectivity index (χ4v) is 2.31. The van der Waals surface area contributed by atoms with E-state index in [2.05, 4.69) is 6.58 Å². The maximum absolute atomic E-state index is 12.4. The summed E-state index contributed by atoms with van der Waals surface area (Å²) < 4.78 is 42.3. The highest BCUT2D eigenvalue weighted by atomic mass is 19.4. The van der Waals surface area contributed by atoms with Crippen molar-refractivity contribution in [2.45, 2.75) is 57.7 Å². The highest BCUT2D eigenvalue weighted by Crippen LogP contribution is 2.39. The zero-order valence-corrected chi connectivity index (χ0v) is 10.8. The molecule has 18 heavy (non-hydrogen) atoms. The summed E-state index contributed by atoms with van der Waals surface area (Å²) in [6.07, 6.45) is -0.673. The molecule has 0 radical (unpaired) electrons. The Hall–Kier alpha value is -1.00. The van der Waals surface area contributed by atoms with Crippen LogP contribution in [0.25, 0.3) is 0 Å². The Balaban J connectivity index is 2.79. The Labute approximate surface area is 105 Å². The van der Waals surface area contributed by atoms with Gasteiger partial charge >= 0.3 is 12.1 Å². The molecule has 0 saturated heterocycles. The fraction of sp³-hybridized carbons (Fsp3) is 0.769. The summed E-state index contributed by atoms with van der Waals surface area (Å²) in [5.74, 6) is -1.33. The number of esters is 1. The summed E-state index contributed by atoms with van der Waals surface area (Å²) in [5.41, 5.74) is -2.18. The van der Waals surface area contributed by atoms with E-state index in [4.69, 9.17) is 4.74 Å². The molecule has 1 fully saturated rings. The highest BCUT2D eigenvalue weighted by molar-refractivity contribution is 5.89. The molecular formula is C13H19F3O2. The molecule has 0 unspecified atom stereocenters. The van der Waals surface area contributed by atoms with E-state index in [1.807, 2.05) is 13.8 Å². The van der Waals surface area contributed by atoms with Crippen LogP contribution in [-0.4, -0.2) is 17.7 Å². The van der Waals surface area contributed by atoms with Crippen molar-refractivity contribution in [2.75, 3.05) is 0 Å². The molecule has 0 aliphatic heterocycles.